The molecule has 0 bridgehead atoms. The van der Waals surface area contributed by atoms with E-state index in [2.05, 4.69) is 4.99 Å². The van der Waals surface area contributed by atoms with Gasteiger partial charge in [0.1, 0.15) is 12.4 Å². The van der Waals surface area contributed by atoms with E-state index in [0.29, 0.717) is 38.0 Å². The Morgan fingerprint density at radius 2 is 1.91 bits per heavy atom. The van der Waals surface area contributed by atoms with Crippen molar-refractivity contribution in [2.75, 3.05) is 26.9 Å². The highest BCUT2D eigenvalue weighted by Crippen LogP contribution is 2.31. The summed E-state index contributed by atoms with van der Waals surface area (Å²) in [5, 5.41) is 0.554. The summed E-state index contributed by atoms with van der Waals surface area (Å²) < 4.78 is 18.2. The van der Waals surface area contributed by atoms with Crippen LogP contribution in [0.1, 0.15) is 31.0 Å². The number of carbonyl (C=O) groups excluding carboxylic acids is 1. The van der Waals surface area contributed by atoms with Crippen LogP contribution in [0, 0.1) is 0 Å². The molecule has 0 fully saturated rings. The Hall–Kier alpha value is -3.20. The smallest absolute Gasteiger partial charge is 0.338 e. The molecular formula is C26H25ClN2O5S. The molecule has 2 aromatic carbocycles. The molecule has 0 aliphatic carbocycles. The van der Waals surface area contributed by atoms with Crippen molar-refractivity contribution in [3.8, 4) is 5.75 Å². The predicted octanol–water partition coefficient (Wildman–Crippen LogP) is 3.48. The van der Waals surface area contributed by atoms with E-state index in [1.54, 1.807) is 41.8 Å². The van der Waals surface area contributed by atoms with Crippen LogP contribution < -0.4 is 19.6 Å². The van der Waals surface area contributed by atoms with Crippen LogP contribution >= 0.6 is 22.9 Å². The summed E-state index contributed by atoms with van der Waals surface area (Å²) in [6.07, 6.45) is 1.80. The van der Waals surface area contributed by atoms with Gasteiger partial charge in [0.05, 0.1) is 35.1 Å². The summed E-state index contributed by atoms with van der Waals surface area (Å²) >= 11 is 7.37. The maximum Gasteiger partial charge on any atom is 0.338 e. The second-order valence-corrected chi connectivity index (χ2v) is 9.18. The van der Waals surface area contributed by atoms with E-state index in [-0.39, 0.29) is 18.8 Å². The molecule has 1 unspecified atom stereocenters. The van der Waals surface area contributed by atoms with Gasteiger partial charge in [-0.25, -0.2) is 9.79 Å². The molecule has 0 radical (unpaired) electrons. The molecule has 0 amide bonds. The van der Waals surface area contributed by atoms with Gasteiger partial charge in [-0.3, -0.25) is 9.36 Å². The number of ether oxygens (including phenoxy) is 3. The van der Waals surface area contributed by atoms with Gasteiger partial charge in [0.15, 0.2) is 4.80 Å². The molecule has 1 atom stereocenters. The van der Waals surface area contributed by atoms with Gasteiger partial charge >= 0.3 is 5.97 Å². The van der Waals surface area contributed by atoms with Crippen molar-refractivity contribution >= 4 is 35.0 Å². The van der Waals surface area contributed by atoms with Gasteiger partial charge < -0.3 is 14.2 Å². The minimum Gasteiger partial charge on any atom is -0.493 e. The lowest BCUT2D eigenvalue weighted by atomic mass is 9.96. The third kappa shape index (κ3) is 5.24. The summed E-state index contributed by atoms with van der Waals surface area (Å²) in [6.45, 7) is 4.53. The molecule has 1 aromatic heterocycles. The molecule has 2 heterocycles. The van der Waals surface area contributed by atoms with Crippen LogP contribution in [-0.2, 0) is 14.3 Å². The maximum atomic E-state index is 13.7. The lowest BCUT2D eigenvalue weighted by molar-refractivity contribution is -0.140. The average Bonchev–Trinajstić information content (AvgIpc) is 3.14. The van der Waals surface area contributed by atoms with E-state index in [9.17, 15) is 9.59 Å². The average molecular weight is 513 g/mol. The van der Waals surface area contributed by atoms with Crippen molar-refractivity contribution in [3.05, 3.63) is 95.6 Å². The van der Waals surface area contributed by atoms with Crippen molar-refractivity contribution in [1.82, 2.24) is 4.57 Å². The Balaban J connectivity index is 1.88. The maximum absolute atomic E-state index is 13.7. The van der Waals surface area contributed by atoms with Crippen LogP contribution in [-0.4, -0.2) is 37.5 Å². The first-order valence-corrected chi connectivity index (χ1v) is 12.3. The highest BCUT2D eigenvalue weighted by Gasteiger charge is 2.33. The first-order chi connectivity index (χ1) is 16.9. The zero-order valence-corrected chi connectivity index (χ0v) is 21.2. The molecule has 7 nitrogen and oxygen atoms in total. The van der Waals surface area contributed by atoms with Crippen molar-refractivity contribution in [2.45, 2.75) is 19.9 Å². The largest absolute Gasteiger partial charge is 0.493 e. The number of thiazole rings is 1. The molecule has 3 aromatic rings. The van der Waals surface area contributed by atoms with Crippen LogP contribution in [0.15, 0.2) is 69.6 Å². The third-order valence-electron chi connectivity index (χ3n) is 5.45. The van der Waals surface area contributed by atoms with E-state index < -0.39 is 12.0 Å². The third-order valence-corrected chi connectivity index (χ3v) is 6.69. The minimum atomic E-state index is -0.706. The van der Waals surface area contributed by atoms with Crippen molar-refractivity contribution < 1.29 is 19.0 Å². The van der Waals surface area contributed by atoms with E-state index in [1.807, 2.05) is 31.2 Å². The summed E-state index contributed by atoms with van der Waals surface area (Å²) in [6, 6.07) is 13.9. The number of para-hydroxylation sites is 1. The molecule has 0 N–H and O–H groups in total. The van der Waals surface area contributed by atoms with Crippen LogP contribution in [0.4, 0.5) is 0 Å². The SMILES string of the molecule is CCOc1ccccc1C=c1sc2n(c1=O)C(c1ccc(Cl)cc1)C(C(=O)OCCOC)=C(C)N=2. The zero-order valence-electron chi connectivity index (χ0n) is 19.6. The second kappa shape index (κ2) is 11.0. The summed E-state index contributed by atoms with van der Waals surface area (Å²) in [5.41, 5.74) is 2.06. The van der Waals surface area contributed by atoms with Crippen molar-refractivity contribution in [1.29, 1.82) is 0 Å². The number of halogens is 1. The molecule has 0 spiro atoms. The van der Waals surface area contributed by atoms with Crippen LogP contribution in [0.3, 0.4) is 0 Å². The van der Waals surface area contributed by atoms with Crippen molar-refractivity contribution in [2.24, 2.45) is 4.99 Å². The Morgan fingerprint density at radius 1 is 1.17 bits per heavy atom. The van der Waals surface area contributed by atoms with E-state index in [4.69, 9.17) is 25.8 Å². The van der Waals surface area contributed by atoms with E-state index >= 15 is 0 Å². The topological polar surface area (TPSA) is 79.1 Å². The lowest BCUT2D eigenvalue weighted by Crippen LogP contribution is -2.40. The van der Waals surface area contributed by atoms with Gasteiger partial charge in [0.25, 0.3) is 5.56 Å². The number of benzene rings is 2. The molecule has 35 heavy (non-hydrogen) atoms. The van der Waals surface area contributed by atoms with Crippen molar-refractivity contribution in [3.63, 3.8) is 0 Å². The zero-order chi connectivity index (χ0) is 24.9. The standard InChI is InChI=1S/C26H25ClN2O5S/c1-4-33-20-8-6-5-7-18(20)15-21-24(30)29-23(17-9-11-19(27)12-10-17)22(16(2)28-26(29)35-21)25(31)34-14-13-32-3/h5-12,15,23H,4,13-14H2,1-3H3. The quantitative estimate of drug-likeness (QED) is 0.341. The highest BCUT2D eigenvalue weighted by atomic mass is 35.5. The lowest BCUT2D eigenvalue weighted by Gasteiger charge is -2.24. The number of hydrogen-bond donors (Lipinski definition) is 0. The van der Waals surface area contributed by atoms with E-state index in [1.165, 1.54) is 18.4 Å². The Labute approximate surface area is 211 Å². The summed E-state index contributed by atoms with van der Waals surface area (Å²) in [7, 11) is 1.53. The predicted molar refractivity (Wildman–Crippen MR) is 136 cm³/mol. The fourth-order valence-corrected chi connectivity index (χ4v) is 5.03. The number of rotatable bonds is 8. The number of esters is 1. The van der Waals surface area contributed by atoms with Gasteiger partial charge in [-0.2, -0.15) is 0 Å². The van der Waals surface area contributed by atoms with Gasteiger partial charge in [0.2, 0.25) is 0 Å². The monoisotopic (exact) mass is 512 g/mol. The first-order valence-electron chi connectivity index (χ1n) is 11.1. The number of carbonyl (C=O) groups is 1. The fourth-order valence-electron chi connectivity index (χ4n) is 3.87. The summed E-state index contributed by atoms with van der Waals surface area (Å²) in [5.74, 6) is 0.146. The molecule has 1 aliphatic heterocycles. The van der Waals surface area contributed by atoms with Gasteiger partial charge in [-0.05, 0) is 43.7 Å². The highest BCUT2D eigenvalue weighted by molar-refractivity contribution is 7.07. The number of aromatic nitrogens is 1. The van der Waals surface area contributed by atoms with Crippen LogP contribution in [0.5, 0.6) is 5.75 Å². The number of methoxy groups -OCH3 is 1. The van der Waals surface area contributed by atoms with Gasteiger partial charge in [0, 0.05) is 17.7 Å². The Morgan fingerprint density at radius 3 is 2.63 bits per heavy atom. The molecule has 4 rings (SSSR count). The minimum absolute atomic E-state index is 0.0953. The number of fused-ring (bicyclic) bond motifs is 1. The van der Waals surface area contributed by atoms with Gasteiger partial charge in [-0.15, -0.1) is 0 Å². The molecule has 9 heteroatoms. The molecule has 1 aliphatic rings. The second-order valence-electron chi connectivity index (χ2n) is 7.73. The number of nitrogens with zero attached hydrogens (tertiary/aromatic N) is 2. The number of allylic oxidation sites excluding steroid dienone is 1. The molecule has 0 saturated carbocycles. The molecular weight excluding hydrogens is 488 g/mol. The fraction of sp³-hybridized carbons (Fsp3) is 0.269. The van der Waals surface area contributed by atoms with E-state index in [0.717, 1.165) is 11.1 Å². The first kappa shape index (κ1) is 24.9. The molecule has 182 valence electrons. The van der Waals surface area contributed by atoms with Crippen LogP contribution in [0.2, 0.25) is 5.02 Å². The number of hydrogen-bond acceptors (Lipinski definition) is 7. The van der Waals surface area contributed by atoms with Crippen LogP contribution in [0.25, 0.3) is 6.08 Å². The Bertz CT molecular complexity index is 1440. The van der Waals surface area contributed by atoms with Gasteiger partial charge in [-0.1, -0.05) is 53.3 Å². The Kier molecular flexibility index (Phi) is 7.85. The molecule has 0 saturated heterocycles. The summed E-state index contributed by atoms with van der Waals surface area (Å²) in [4.78, 5) is 31.9. The normalized spacial score (nSPS) is 15.5.